The van der Waals surface area contributed by atoms with E-state index in [0.29, 0.717) is 0 Å². The standard InChI is InChI=1S/C10H10ClFN2S/c1-2-3-13-10-14-8-4-6(11)7(12)5-9(8)15-10/h4-5H,2-3H2,1H3,(H,13,14). The number of nitrogens with one attached hydrogen (secondary N) is 1. The lowest BCUT2D eigenvalue weighted by atomic mass is 10.3. The summed E-state index contributed by atoms with van der Waals surface area (Å²) in [6.07, 6.45) is 1.03. The van der Waals surface area contributed by atoms with Crippen molar-refractivity contribution in [2.45, 2.75) is 13.3 Å². The topological polar surface area (TPSA) is 24.9 Å². The maximum atomic E-state index is 13.1. The maximum Gasteiger partial charge on any atom is 0.183 e. The van der Waals surface area contributed by atoms with Crippen LogP contribution >= 0.6 is 22.9 Å². The Morgan fingerprint density at radius 1 is 1.53 bits per heavy atom. The van der Waals surface area contributed by atoms with Gasteiger partial charge in [0.05, 0.1) is 15.2 Å². The maximum absolute atomic E-state index is 13.1. The van der Waals surface area contributed by atoms with E-state index in [0.717, 1.165) is 28.3 Å². The highest BCUT2D eigenvalue weighted by molar-refractivity contribution is 7.22. The molecule has 0 unspecified atom stereocenters. The van der Waals surface area contributed by atoms with Crippen molar-refractivity contribution in [3.05, 3.63) is 23.0 Å². The lowest BCUT2D eigenvalue weighted by molar-refractivity contribution is 0.630. The van der Waals surface area contributed by atoms with E-state index >= 15 is 0 Å². The Balaban J connectivity index is 2.38. The van der Waals surface area contributed by atoms with Gasteiger partial charge in [-0.1, -0.05) is 29.9 Å². The molecule has 1 aromatic carbocycles. The molecule has 15 heavy (non-hydrogen) atoms. The van der Waals surface area contributed by atoms with Crippen molar-refractivity contribution < 1.29 is 4.39 Å². The Bertz CT molecular complexity index is 444. The van der Waals surface area contributed by atoms with E-state index in [1.165, 1.54) is 17.4 Å². The van der Waals surface area contributed by atoms with Crippen molar-refractivity contribution in [1.29, 1.82) is 0 Å². The van der Waals surface area contributed by atoms with Crippen molar-refractivity contribution in [3.63, 3.8) is 0 Å². The lowest BCUT2D eigenvalue weighted by Crippen LogP contribution is -1.98. The third-order valence-corrected chi connectivity index (χ3v) is 3.22. The molecular formula is C10H10ClFN2S. The molecule has 2 nitrogen and oxygen atoms in total. The lowest BCUT2D eigenvalue weighted by Gasteiger charge is -1.95. The van der Waals surface area contributed by atoms with E-state index in [1.807, 2.05) is 0 Å². The minimum absolute atomic E-state index is 0.120. The highest BCUT2D eigenvalue weighted by atomic mass is 35.5. The number of anilines is 1. The first-order chi connectivity index (χ1) is 7.20. The van der Waals surface area contributed by atoms with Gasteiger partial charge in [0.2, 0.25) is 0 Å². The van der Waals surface area contributed by atoms with E-state index in [4.69, 9.17) is 11.6 Å². The van der Waals surface area contributed by atoms with Crippen LogP contribution < -0.4 is 5.32 Å². The molecule has 0 saturated carbocycles. The average Bonchev–Trinajstić information content (AvgIpc) is 2.58. The Kier molecular flexibility index (Phi) is 3.07. The molecule has 0 spiro atoms. The number of hydrogen-bond acceptors (Lipinski definition) is 3. The zero-order chi connectivity index (χ0) is 10.8. The molecule has 1 aromatic heterocycles. The summed E-state index contributed by atoms with van der Waals surface area (Å²) in [7, 11) is 0. The van der Waals surface area contributed by atoms with Crippen molar-refractivity contribution in [2.75, 3.05) is 11.9 Å². The normalized spacial score (nSPS) is 10.9. The summed E-state index contributed by atoms with van der Waals surface area (Å²) in [5.41, 5.74) is 0.741. The molecule has 0 bridgehead atoms. The van der Waals surface area contributed by atoms with Crippen LogP contribution in [0.25, 0.3) is 10.2 Å². The van der Waals surface area contributed by atoms with Gasteiger partial charge < -0.3 is 5.32 Å². The zero-order valence-corrected chi connectivity index (χ0v) is 9.75. The van der Waals surface area contributed by atoms with Crippen molar-refractivity contribution in [2.24, 2.45) is 0 Å². The minimum atomic E-state index is -0.394. The molecule has 80 valence electrons. The first-order valence-electron chi connectivity index (χ1n) is 4.70. The second-order valence-electron chi connectivity index (χ2n) is 3.18. The monoisotopic (exact) mass is 244 g/mol. The van der Waals surface area contributed by atoms with Gasteiger partial charge in [-0.3, -0.25) is 0 Å². The fourth-order valence-electron chi connectivity index (χ4n) is 1.23. The molecule has 0 atom stereocenters. The molecule has 1 heterocycles. The highest BCUT2D eigenvalue weighted by Gasteiger charge is 2.07. The molecule has 0 aliphatic heterocycles. The largest absolute Gasteiger partial charge is 0.361 e. The van der Waals surface area contributed by atoms with E-state index < -0.39 is 5.82 Å². The van der Waals surface area contributed by atoms with Crippen LogP contribution in [-0.4, -0.2) is 11.5 Å². The predicted molar refractivity (Wildman–Crippen MR) is 63.4 cm³/mol. The van der Waals surface area contributed by atoms with Crippen LogP contribution in [0.2, 0.25) is 5.02 Å². The summed E-state index contributed by atoms with van der Waals surface area (Å²) < 4.78 is 14.0. The van der Waals surface area contributed by atoms with Crippen LogP contribution in [0.3, 0.4) is 0 Å². The van der Waals surface area contributed by atoms with Crippen molar-refractivity contribution in [3.8, 4) is 0 Å². The predicted octanol–water partition coefficient (Wildman–Crippen LogP) is 3.91. The fourth-order valence-corrected chi connectivity index (χ4v) is 2.29. The smallest absolute Gasteiger partial charge is 0.183 e. The molecule has 2 rings (SSSR count). The van der Waals surface area contributed by atoms with Gasteiger partial charge in [-0.05, 0) is 18.6 Å². The van der Waals surface area contributed by atoms with Gasteiger partial charge >= 0.3 is 0 Å². The number of rotatable bonds is 3. The number of benzene rings is 1. The third-order valence-electron chi connectivity index (χ3n) is 1.96. The first-order valence-corrected chi connectivity index (χ1v) is 5.89. The van der Waals surface area contributed by atoms with E-state index in [2.05, 4.69) is 17.2 Å². The first kappa shape index (κ1) is 10.6. The summed E-state index contributed by atoms with van der Waals surface area (Å²) in [6, 6.07) is 2.98. The SMILES string of the molecule is CCCNc1nc2cc(Cl)c(F)cc2s1. The zero-order valence-electron chi connectivity index (χ0n) is 8.18. The number of hydrogen-bond donors (Lipinski definition) is 1. The molecule has 0 amide bonds. The quantitative estimate of drug-likeness (QED) is 0.886. The van der Waals surface area contributed by atoms with Crippen LogP contribution in [-0.2, 0) is 0 Å². The number of aromatic nitrogens is 1. The molecule has 0 aliphatic rings. The second-order valence-corrected chi connectivity index (χ2v) is 4.62. The summed E-state index contributed by atoms with van der Waals surface area (Å²) in [5, 5.41) is 4.10. The van der Waals surface area contributed by atoms with E-state index in [1.54, 1.807) is 6.07 Å². The van der Waals surface area contributed by atoms with Crippen LogP contribution in [0.4, 0.5) is 9.52 Å². The summed E-state index contributed by atoms with van der Waals surface area (Å²) in [4.78, 5) is 4.31. The Labute approximate surface area is 96.1 Å². The Hall–Kier alpha value is -0.870. The minimum Gasteiger partial charge on any atom is -0.361 e. The molecule has 0 aliphatic carbocycles. The summed E-state index contributed by atoms with van der Waals surface area (Å²) >= 11 is 7.11. The van der Waals surface area contributed by atoms with Crippen LogP contribution in [0.15, 0.2) is 12.1 Å². The van der Waals surface area contributed by atoms with Gasteiger partial charge in [0.1, 0.15) is 5.82 Å². The molecule has 5 heteroatoms. The average molecular weight is 245 g/mol. The van der Waals surface area contributed by atoms with Crippen LogP contribution in [0, 0.1) is 5.82 Å². The number of thiazole rings is 1. The Morgan fingerprint density at radius 3 is 3.07 bits per heavy atom. The molecule has 0 fully saturated rings. The van der Waals surface area contributed by atoms with Gasteiger partial charge in [-0.25, -0.2) is 9.37 Å². The van der Waals surface area contributed by atoms with Crippen LogP contribution in [0.5, 0.6) is 0 Å². The van der Waals surface area contributed by atoms with Gasteiger partial charge in [0.25, 0.3) is 0 Å². The second kappa shape index (κ2) is 4.33. The summed E-state index contributed by atoms with van der Waals surface area (Å²) in [6.45, 7) is 2.95. The van der Waals surface area contributed by atoms with Gasteiger partial charge in [0.15, 0.2) is 5.13 Å². The third kappa shape index (κ3) is 2.21. The van der Waals surface area contributed by atoms with Crippen molar-refractivity contribution in [1.82, 2.24) is 4.98 Å². The van der Waals surface area contributed by atoms with E-state index in [9.17, 15) is 4.39 Å². The fraction of sp³-hybridized carbons (Fsp3) is 0.300. The van der Waals surface area contributed by atoms with Gasteiger partial charge in [-0.15, -0.1) is 0 Å². The highest BCUT2D eigenvalue weighted by Crippen LogP contribution is 2.29. The van der Waals surface area contributed by atoms with Crippen LogP contribution in [0.1, 0.15) is 13.3 Å². The van der Waals surface area contributed by atoms with Crippen molar-refractivity contribution >= 4 is 38.3 Å². The molecular weight excluding hydrogens is 235 g/mol. The number of fused-ring (bicyclic) bond motifs is 1. The molecule has 0 radical (unpaired) electrons. The number of nitrogens with zero attached hydrogens (tertiary/aromatic N) is 1. The number of halogens is 2. The summed E-state index contributed by atoms with van der Waals surface area (Å²) in [5.74, 6) is -0.394. The molecule has 0 saturated heterocycles. The Morgan fingerprint density at radius 2 is 2.33 bits per heavy atom. The van der Waals surface area contributed by atoms with Gasteiger partial charge in [-0.2, -0.15) is 0 Å². The van der Waals surface area contributed by atoms with Gasteiger partial charge in [0, 0.05) is 6.54 Å². The molecule has 2 aromatic rings. The molecule has 1 N–H and O–H groups in total. The van der Waals surface area contributed by atoms with E-state index in [-0.39, 0.29) is 5.02 Å².